The van der Waals surface area contributed by atoms with Crippen LogP contribution < -0.4 is 0 Å². The zero-order valence-electron chi connectivity index (χ0n) is 39.2. The number of hydrogen-bond donors (Lipinski definition) is 0. The van der Waals surface area contributed by atoms with Crippen molar-refractivity contribution in [3.05, 3.63) is 72.9 Å². The Kier molecular flexibility index (Phi) is 46.0. The highest BCUT2D eigenvalue weighted by Crippen LogP contribution is 2.13. The van der Waals surface area contributed by atoms with E-state index in [1.807, 2.05) is 0 Å². The lowest BCUT2D eigenvalue weighted by atomic mass is 10.1. The summed E-state index contributed by atoms with van der Waals surface area (Å²) in [5.41, 5.74) is 0. The molecule has 1 unspecified atom stereocenters. The number of esters is 3. The first-order chi connectivity index (χ1) is 29.5. The summed E-state index contributed by atoms with van der Waals surface area (Å²) in [6.07, 6.45) is 60.3. The number of hydrogen-bond acceptors (Lipinski definition) is 6. The van der Waals surface area contributed by atoms with E-state index in [0.717, 1.165) is 109 Å². The van der Waals surface area contributed by atoms with Crippen LogP contribution in [0.3, 0.4) is 0 Å². The Balaban J connectivity index is 4.47. The number of rotatable bonds is 44. The summed E-state index contributed by atoms with van der Waals surface area (Å²) < 4.78 is 16.7. The van der Waals surface area contributed by atoms with Gasteiger partial charge in [0.25, 0.3) is 0 Å². The van der Waals surface area contributed by atoms with E-state index in [0.29, 0.717) is 19.3 Å². The van der Waals surface area contributed by atoms with Crippen LogP contribution in [0.15, 0.2) is 72.9 Å². The number of carbonyl (C=O) groups is 3. The summed E-state index contributed by atoms with van der Waals surface area (Å²) in [5, 5.41) is 0. The maximum Gasteiger partial charge on any atom is 0.306 e. The van der Waals surface area contributed by atoms with Gasteiger partial charge in [0.15, 0.2) is 6.10 Å². The predicted octanol–water partition coefficient (Wildman–Crippen LogP) is 16.3. The van der Waals surface area contributed by atoms with Gasteiger partial charge in [0, 0.05) is 19.3 Å². The summed E-state index contributed by atoms with van der Waals surface area (Å²) in [5.74, 6) is -0.964. The van der Waals surface area contributed by atoms with Crippen LogP contribution >= 0.6 is 0 Å². The van der Waals surface area contributed by atoms with Crippen molar-refractivity contribution in [1.29, 1.82) is 0 Å². The van der Waals surface area contributed by atoms with E-state index in [2.05, 4.69) is 93.7 Å². The Hall–Kier alpha value is -3.15. The summed E-state index contributed by atoms with van der Waals surface area (Å²) in [6.45, 7) is 6.43. The average molecular weight is 837 g/mol. The van der Waals surface area contributed by atoms with Crippen LogP contribution in [-0.4, -0.2) is 37.2 Å². The molecule has 0 aromatic rings. The molecular weight excluding hydrogens is 745 g/mol. The molecule has 0 saturated carbocycles. The van der Waals surface area contributed by atoms with Crippen molar-refractivity contribution in [2.24, 2.45) is 0 Å². The molecule has 0 bridgehead atoms. The van der Waals surface area contributed by atoms with Crippen molar-refractivity contribution in [2.45, 2.75) is 239 Å². The Morgan fingerprint density at radius 2 is 0.667 bits per heavy atom. The monoisotopic (exact) mass is 837 g/mol. The SMILES string of the molecule is CC/C=C/C=C/C=C/CCCCCCCC(=O)OC(COC(=O)CCCCC/C=C/C=C/CCCCCCCCC)COC(=O)CCCCC/C=C/CCCCCCCC. The number of unbranched alkanes of at least 4 members (excludes halogenated alkanes) is 24. The first-order valence-corrected chi connectivity index (χ1v) is 25.0. The Morgan fingerprint density at radius 3 is 1.08 bits per heavy atom. The van der Waals surface area contributed by atoms with Gasteiger partial charge in [-0.25, -0.2) is 0 Å². The van der Waals surface area contributed by atoms with Gasteiger partial charge in [-0.15, -0.1) is 0 Å². The molecule has 1 atom stereocenters. The highest BCUT2D eigenvalue weighted by molar-refractivity contribution is 5.71. The molecule has 60 heavy (non-hydrogen) atoms. The molecule has 0 fully saturated rings. The molecule has 0 rings (SSSR count). The van der Waals surface area contributed by atoms with E-state index in [4.69, 9.17) is 14.2 Å². The van der Waals surface area contributed by atoms with Gasteiger partial charge in [-0.1, -0.05) is 196 Å². The maximum atomic E-state index is 12.8. The number of ether oxygens (including phenoxy) is 3. The lowest BCUT2D eigenvalue weighted by Crippen LogP contribution is -2.30. The second-order valence-corrected chi connectivity index (χ2v) is 16.4. The minimum absolute atomic E-state index is 0.101. The van der Waals surface area contributed by atoms with Gasteiger partial charge in [-0.3, -0.25) is 14.4 Å². The van der Waals surface area contributed by atoms with Crippen LogP contribution in [0.4, 0.5) is 0 Å². The third-order valence-electron chi connectivity index (χ3n) is 10.5. The summed E-state index contributed by atoms with van der Waals surface area (Å²) in [6, 6.07) is 0. The maximum absolute atomic E-state index is 12.8. The highest BCUT2D eigenvalue weighted by atomic mass is 16.6. The molecule has 0 aliphatic heterocycles. The van der Waals surface area contributed by atoms with Crippen molar-refractivity contribution in [3.63, 3.8) is 0 Å². The van der Waals surface area contributed by atoms with Crippen molar-refractivity contribution >= 4 is 17.9 Å². The van der Waals surface area contributed by atoms with Crippen molar-refractivity contribution in [1.82, 2.24) is 0 Å². The predicted molar refractivity (Wildman–Crippen MR) is 256 cm³/mol. The van der Waals surface area contributed by atoms with E-state index >= 15 is 0 Å². The van der Waals surface area contributed by atoms with Crippen molar-refractivity contribution < 1.29 is 28.6 Å². The van der Waals surface area contributed by atoms with Gasteiger partial charge in [-0.2, -0.15) is 0 Å². The third-order valence-corrected chi connectivity index (χ3v) is 10.5. The first-order valence-electron chi connectivity index (χ1n) is 25.0. The zero-order chi connectivity index (χ0) is 43.7. The van der Waals surface area contributed by atoms with Gasteiger partial charge >= 0.3 is 17.9 Å². The lowest BCUT2D eigenvalue weighted by Gasteiger charge is -2.18. The average Bonchev–Trinajstić information content (AvgIpc) is 3.24. The Labute approximate surface area is 370 Å². The van der Waals surface area contributed by atoms with Crippen LogP contribution in [0.25, 0.3) is 0 Å². The molecule has 0 N–H and O–H groups in total. The van der Waals surface area contributed by atoms with E-state index in [9.17, 15) is 14.4 Å². The summed E-state index contributed by atoms with van der Waals surface area (Å²) in [4.78, 5) is 37.9. The molecule has 0 amide bonds. The van der Waals surface area contributed by atoms with Gasteiger partial charge in [0.05, 0.1) is 0 Å². The lowest BCUT2D eigenvalue weighted by molar-refractivity contribution is -0.167. The van der Waals surface area contributed by atoms with Gasteiger partial charge in [0.2, 0.25) is 0 Å². The van der Waals surface area contributed by atoms with Crippen LogP contribution in [0, 0.1) is 0 Å². The van der Waals surface area contributed by atoms with Crippen LogP contribution in [-0.2, 0) is 28.6 Å². The normalized spacial score (nSPS) is 12.7. The minimum Gasteiger partial charge on any atom is -0.462 e. The molecule has 0 aliphatic carbocycles. The minimum atomic E-state index is -0.801. The fraction of sp³-hybridized carbons (Fsp3) is 0.722. The van der Waals surface area contributed by atoms with Crippen LogP contribution in [0.1, 0.15) is 233 Å². The fourth-order valence-corrected chi connectivity index (χ4v) is 6.72. The topological polar surface area (TPSA) is 78.9 Å². The van der Waals surface area contributed by atoms with Gasteiger partial charge < -0.3 is 14.2 Å². The highest BCUT2D eigenvalue weighted by Gasteiger charge is 2.19. The van der Waals surface area contributed by atoms with Crippen molar-refractivity contribution in [3.8, 4) is 0 Å². The molecule has 6 nitrogen and oxygen atoms in total. The van der Waals surface area contributed by atoms with E-state index in [-0.39, 0.29) is 31.1 Å². The second kappa shape index (κ2) is 48.5. The molecule has 0 aromatic carbocycles. The van der Waals surface area contributed by atoms with Crippen LogP contribution in [0.5, 0.6) is 0 Å². The fourth-order valence-electron chi connectivity index (χ4n) is 6.72. The number of allylic oxidation sites excluding steroid dienone is 12. The zero-order valence-corrected chi connectivity index (χ0v) is 39.2. The third kappa shape index (κ3) is 45.9. The molecule has 0 saturated heterocycles. The molecule has 6 heteroatoms. The van der Waals surface area contributed by atoms with Gasteiger partial charge in [0.1, 0.15) is 13.2 Å². The Bertz CT molecular complexity index is 1140. The smallest absolute Gasteiger partial charge is 0.306 e. The molecule has 344 valence electrons. The largest absolute Gasteiger partial charge is 0.462 e. The van der Waals surface area contributed by atoms with Crippen molar-refractivity contribution in [2.75, 3.05) is 13.2 Å². The number of carbonyl (C=O) groups excluding carboxylic acids is 3. The molecule has 0 spiro atoms. The molecule has 0 heterocycles. The second-order valence-electron chi connectivity index (χ2n) is 16.4. The standard InChI is InChI=1S/C54H92O6/c1-4-7-10-13-16-19-22-25-26-27-30-32-35-38-41-44-47-53(56)59-50-51(60-54(57)48-45-42-39-36-33-29-24-21-18-15-12-9-6-3)49-58-52(55)46-43-40-37-34-31-28-23-20-17-14-11-8-5-2/h9,12,15,18,21,24,26-28,30-32,51H,4-8,10-11,13-14,16-17,19-20,22-23,25,29,33-50H2,1-3H3/b12-9+,18-15+,24-21+,27-26+,31-28+,32-30+. The summed E-state index contributed by atoms with van der Waals surface area (Å²) in [7, 11) is 0. The van der Waals surface area contributed by atoms with E-state index in [1.165, 1.54) is 83.5 Å². The quantitative estimate of drug-likeness (QED) is 0.0200. The molecule has 0 aromatic heterocycles. The Morgan fingerprint density at radius 1 is 0.350 bits per heavy atom. The van der Waals surface area contributed by atoms with E-state index in [1.54, 1.807) is 0 Å². The molecule has 0 radical (unpaired) electrons. The molecular formula is C54H92O6. The summed E-state index contributed by atoms with van der Waals surface area (Å²) >= 11 is 0. The van der Waals surface area contributed by atoms with Crippen LogP contribution in [0.2, 0.25) is 0 Å². The first kappa shape index (κ1) is 56.9. The van der Waals surface area contributed by atoms with E-state index < -0.39 is 6.10 Å². The van der Waals surface area contributed by atoms with Gasteiger partial charge in [-0.05, 0) is 89.9 Å². The molecule has 0 aliphatic rings.